The number of aliphatic hydroxyl groups excluding tert-OH is 1. The van der Waals surface area contributed by atoms with Crippen molar-refractivity contribution in [1.29, 1.82) is 0 Å². The minimum atomic E-state index is -0.0437. The van der Waals surface area contributed by atoms with Gasteiger partial charge >= 0.3 is 0 Å². The lowest BCUT2D eigenvalue weighted by atomic mass is 9.98. The van der Waals surface area contributed by atoms with Crippen molar-refractivity contribution in [3.8, 4) is 0 Å². The molecule has 2 rings (SSSR count). The van der Waals surface area contributed by atoms with Crippen LogP contribution in [0.15, 0.2) is 0 Å². The maximum Gasteiger partial charge on any atom is 0.0555 e. The number of piperazine rings is 1. The van der Waals surface area contributed by atoms with E-state index in [0.717, 1.165) is 32.5 Å². The van der Waals surface area contributed by atoms with Crippen molar-refractivity contribution in [2.24, 2.45) is 0 Å². The Hall–Kier alpha value is -0.120. The molecule has 1 heterocycles. The Labute approximate surface area is 93.1 Å². The molecule has 3 nitrogen and oxygen atoms in total. The Morgan fingerprint density at radius 2 is 1.93 bits per heavy atom. The zero-order chi connectivity index (χ0) is 11.1. The van der Waals surface area contributed by atoms with E-state index in [1.54, 1.807) is 0 Å². The monoisotopic (exact) mass is 212 g/mol. The summed E-state index contributed by atoms with van der Waals surface area (Å²) in [4.78, 5) is 5.02. The highest BCUT2D eigenvalue weighted by Gasteiger charge is 2.36. The van der Waals surface area contributed by atoms with Crippen molar-refractivity contribution in [1.82, 2.24) is 9.80 Å². The molecule has 0 radical (unpaired) electrons. The first-order chi connectivity index (χ1) is 6.99. The second kappa shape index (κ2) is 4.04. The fourth-order valence-corrected chi connectivity index (χ4v) is 2.86. The van der Waals surface area contributed by atoms with Crippen molar-refractivity contribution in [3.05, 3.63) is 0 Å². The summed E-state index contributed by atoms with van der Waals surface area (Å²) in [7, 11) is 2.21. The van der Waals surface area contributed by atoms with E-state index in [2.05, 4.69) is 30.7 Å². The maximum absolute atomic E-state index is 9.58. The molecule has 0 aromatic heterocycles. The van der Waals surface area contributed by atoms with Crippen LogP contribution in [0.25, 0.3) is 0 Å². The van der Waals surface area contributed by atoms with E-state index < -0.39 is 0 Å². The molecular formula is C12H24N2O. The summed E-state index contributed by atoms with van der Waals surface area (Å²) in [5.74, 6) is 0. The molecule has 1 saturated heterocycles. The van der Waals surface area contributed by atoms with Crippen LogP contribution in [0.2, 0.25) is 0 Å². The predicted octanol–water partition coefficient (Wildman–Crippen LogP) is 0.926. The average Bonchev–Trinajstić information content (AvgIpc) is 2.57. The van der Waals surface area contributed by atoms with Crippen LogP contribution < -0.4 is 0 Å². The van der Waals surface area contributed by atoms with Crippen LogP contribution in [0.5, 0.6) is 0 Å². The largest absolute Gasteiger partial charge is 0.393 e. The molecular weight excluding hydrogens is 188 g/mol. The summed E-state index contributed by atoms with van der Waals surface area (Å²) in [5.41, 5.74) is 0.284. The Morgan fingerprint density at radius 1 is 1.20 bits per heavy atom. The first-order valence-electron chi connectivity index (χ1n) is 6.12. The lowest BCUT2D eigenvalue weighted by Crippen LogP contribution is -2.59. The number of aliphatic hydroxyl groups is 1. The lowest BCUT2D eigenvalue weighted by Gasteiger charge is -2.47. The Bertz CT molecular complexity index is 230. The minimum absolute atomic E-state index is 0.0437. The SMILES string of the molecule is CN1CCN(C2CCC(O)C2)CC1(C)C. The molecule has 88 valence electrons. The van der Waals surface area contributed by atoms with Crippen LogP contribution in [-0.2, 0) is 0 Å². The van der Waals surface area contributed by atoms with Crippen molar-refractivity contribution in [3.63, 3.8) is 0 Å². The van der Waals surface area contributed by atoms with Crippen LogP contribution in [-0.4, -0.2) is 59.3 Å². The zero-order valence-corrected chi connectivity index (χ0v) is 10.2. The number of rotatable bonds is 1. The number of nitrogens with zero attached hydrogens (tertiary/aromatic N) is 2. The third-order valence-electron chi connectivity index (χ3n) is 4.24. The van der Waals surface area contributed by atoms with Gasteiger partial charge in [-0.25, -0.2) is 0 Å². The van der Waals surface area contributed by atoms with Gasteiger partial charge in [-0.2, -0.15) is 0 Å². The summed E-state index contributed by atoms with van der Waals surface area (Å²) in [6, 6.07) is 0.632. The van der Waals surface area contributed by atoms with E-state index in [4.69, 9.17) is 0 Å². The molecule has 1 saturated carbocycles. The van der Waals surface area contributed by atoms with E-state index in [9.17, 15) is 5.11 Å². The number of hydrogen-bond acceptors (Lipinski definition) is 3. The zero-order valence-electron chi connectivity index (χ0n) is 10.2. The van der Waals surface area contributed by atoms with E-state index in [-0.39, 0.29) is 11.6 Å². The second-order valence-electron chi connectivity index (χ2n) is 5.83. The van der Waals surface area contributed by atoms with Gasteiger partial charge in [0.25, 0.3) is 0 Å². The highest BCUT2D eigenvalue weighted by Crippen LogP contribution is 2.28. The van der Waals surface area contributed by atoms with Crippen LogP contribution in [0.1, 0.15) is 33.1 Å². The van der Waals surface area contributed by atoms with Gasteiger partial charge in [-0.15, -0.1) is 0 Å². The smallest absolute Gasteiger partial charge is 0.0555 e. The topological polar surface area (TPSA) is 26.7 Å². The fourth-order valence-electron chi connectivity index (χ4n) is 2.86. The molecule has 2 aliphatic rings. The van der Waals surface area contributed by atoms with Crippen molar-refractivity contribution < 1.29 is 5.11 Å². The summed E-state index contributed by atoms with van der Waals surface area (Å²) in [6.07, 6.45) is 3.12. The Balaban J connectivity index is 1.95. The maximum atomic E-state index is 9.58. The molecule has 0 amide bonds. The molecule has 0 spiro atoms. The molecule has 15 heavy (non-hydrogen) atoms. The molecule has 2 fully saturated rings. The van der Waals surface area contributed by atoms with Gasteiger partial charge in [0.15, 0.2) is 0 Å². The second-order valence-corrected chi connectivity index (χ2v) is 5.83. The van der Waals surface area contributed by atoms with Crippen LogP contribution in [0, 0.1) is 0 Å². The first kappa shape index (κ1) is 11.4. The summed E-state index contributed by atoms with van der Waals surface area (Å²) < 4.78 is 0. The standard InChI is InChI=1S/C12H24N2O/c1-12(2)9-14(7-6-13(12)3)10-4-5-11(15)8-10/h10-11,15H,4-9H2,1-3H3. The fraction of sp³-hybridized carbons (Fsp3) is 1.00. The Morgan fingerprint density at radius 3 is 2.47 bits per heavy atom. The van der Waals surface area contributed by atoms with Crippen LogP contribution in [0.4, 0.5) is 0 Å². The summed E-state index contributed by atoms with van der Waals surface area (Å²) in [6.45, 7) is 8.08. The van der Waals surface area contributed by atoms with Crippen LogP contribution in [0.3, 0.4) is 0 Å². The third-order valence-corrected chi connectivity index (χ3v) is 4.24. The average molecular weight is 212 g/mol. The molecule has 2 unspecified atom stereocenters. The number of hydrogen-bond donors (Lipinski definition) is 1. The van der Waals surface area contributed by atoms with Gasteiger partial charge in [-0.1, -0.05) is 0 Å². The molecule has 0 aromatic carbocycles. The normalized spacial score (nSPS) is 38.4. The van der Waals surface area contributed by atoms with E-state index >= 15 is 0 Å². The molecule has 1 aliphatic heterocycles. The van der Waals surface area contributed by atoms with Gasteiger partial charge in [0.05, 0.1) is 6.10 Å². The summed E-state index contributed by atoms with van der Waals surface area (Å²) in [5, 5.41) is 9.58. The van der Waals surface area contributed by atoms with Crippen molar-refractivity contribution >= 4 is 0 Å². The quantitative estimate of drug-likeness (QED) is 0.700. The summed E-state index contributed by atoms with van der Waals surface area (Å²) >= 11 is 0. The van der Waals surface area contributed by atoms with Crippen LogP contribution >= 0.6 is 0 Å². The molecule has 0 bridgehead atoms. The molecule has 1 N–H and O–H groups in total. The van der Waals surface area contributed by atoms with Gasteiger partial charge in [0.1, 0.15) is 0 Å². The lowest BCUT2D eigenvalue weighted by molar-refractivity contribution is 0.0151. The van der Waals surface area contributed by atoms with Gasteiger partial charge < -0.3 is 5.11 Å². The molecule has 3 heteroatoms. The van der Waals surface area contributed by atoms with Crippen molar-refractivity contribution in [2.75, 3.05) is 26.7 Å². The van der Waals surface area contributed by atoms with Gasteiger partial charge in [0, 0.05) is 31.2 Å². The van der Waals surface area contributed by atoms with Gasteiger partial charge in [-0.3, -0.25) is 9.80 Å². The first-order valence-corrected chi connectivity index (χ1v) is 6.12. The minimum Gasteiger partial charge on any atom is -0.393 e. The number of likely N-dealkylation sites (N-methyl/N-ethyl adjacent to an activating group) is 1. The highest BCUT2D eigenvalue weighted by atomic mass is 16.3. The third kappa shape index (κ3) is 2.35. The molecule has 0 aromatic rings. The van der Waals surface area contributed by atoms with E-state index in [1.165, 1.54) is 6.42 Å². The predicted molar refractivity (Wildman–Crippen MR) is 61.9 cm³/mol. The van der Waals surface area contributed by atoms with Gasteiger partial charge in [0.2, 0.25) is 0 Å². The van der Waals surface area contributed by atoms with E-state index in [0.29, 0.717) is 6.04 Å². The van der Waals surface area contributed by atoms with Gasteiger partial charge in [-0.05, 0) is 40.2 Å². The Kier molecular flexibility index (Phi) is 3.06. The van der Waals surface area contributed by atoms with E-state index in [1.807, 2.05) is 0 Å². The molecule has 1 aliphatic carbocycles. The highest BCUT2D eigenvalue weighted by molar-refractivity contribution is 4.93. The van der Waals surface area contributed by atoms with Crippen molar-refractivity contribution in [2.45, 2.75) is 50.8 Å². The molecule has 2 atom stereocenters.